The number of nitrogens with zero attached hydrogens (tertiary/aromatic N) is 3. The van der Waals surface area contributed by atoms with Crippen molar-refractivity contribution in [2.75, 3.05) is 39.0 Å². The summed E-state index contributed by atoms with van der Waals surface area (Å²) >= 11 is 12.1. The Kier molecular flexibility index (Phi) is 7.63. The van der Waals surface area contributed by atoms with Gasteiger partial charge in [-0.05, 0) is 45.1 Å². The van der Waals surface area contributed by atoms with Gasteiger partial charge >= 0.3 is 0 Å². The fraction of sp³-hybridized carbons (Fsp3) is 0.389. The lowest BCUT2D eigenvalue weighted by atomic mass is 10.1. The molecular weight excluding hydrogens is 373 g/mol. The number of carbonyl (C=O) groups excluding carboxylic acids is 1. The highest BCUT2D eigenvalue weighted by atomic mass is 35.5. The van der Waals surface area contributed by atoms with Gasteiger partial charge in [-0.1, -0.05) is 29.3 Å². The second-order valence-electron chi connectivity index (χ2n) is 6.16. The van der Waals surface area contributed by atoms with E-state index in [2.05, 4.69) is 20.6 Å². The fourth-order valence-electron chi connectivity index (χ4n) is 2.31. The molecule has 1 aromatic carbocycles. The van der Waals surface area contributed by atoms with Crippen LogP contribution in [-0.2, 0) is 6.42 Å². The summed E-state index contributed by atoms with van der Waals surface area (Å²) in [7, 11) is 3.91. The predicted octanol–water partition coefficient (Wildman–Crippen LogP) is 3.04. The standard InChI is InChI=1S/C18H23Cl2N5O/c1-12-23-16(18(26)22-8-9-25(2)3)11-17(24-12)21-7-6-13-4-5-14(19)10-15(13)20/h4-5,10-11H,6-9H2,1-3H3,(H,22,26)(H,21,23,24). The SMILES string of the molecule is Cc1nc(NCCc2ccc(Cl)cc2Cl)cc(C(=O)NCCN(C)C)n1. The van der Waals surface area contributed by atoms with Gasteiger partial charge in [0, 0.05) is 35.7 Å². The maximum Gasteiger partial charge on any atom is 0.270 e. The van der Waals surface area contributed by atoms with Crippen molar-refractivity contribution in [2.24, 2.45) is 0 Å². The first-order valence-corrected chi connectivity index (χ1v) is 9.07. The Bertz CT molecular complexity index is 767. The molecule has 6 nitrogen and oxygen atoms in total. The number of amides is 1. The van der Waals surface area contributed by atoms with Crippen LogP contribution < -0.4 is 10.6 Å². The summed E-state index contributed by atoms with van der Waals surface area (Å²) in [4.78, 5) is 22.8. The Morgan fingerprint density at radius 1 is 1.15 bits per heavy atom. The van der Waals surface area contributed by atoms with Crippen LogP contribution in [0.4, 0.5) is 5.82 Å². The molecule has 0 spiro atoms. The summed E-state index contributed by atoms with van der Waals surface area (Å²) in [6.45, 7) is 3.72. The van der Waals surface area contributed by atoms with E-state index in [9.17, 15) is 4.79 Å². The van der Waals surface area contributed by atoms with Crippen LogP contribution in [0.15, 0.2) is 24.3 Å². The smallest absolute Gasteiger partial charge is 0.270 e. The van der Waals surface area contributed by atoms with E-state index in [4.69, 9.17) is 23.2 Å². The fourth-order valence-corrected chi connectivity index (χ4v) is 2.81. The van der Waals surface area contributed by atoms with E-state index >= 15 is 0 Å². The number of benzene rings is 1. The van der Waals surface area contributed by atoms with E-state index in [1.54, 1.807) is 19.1 Å². The van der Waals surface area contributed by atoms with Crippen LogP contribution in [0, 0.1) is 6.92 Å². The zero-order valence-electron chi connectivity index (χ0n) is 15.1. The molecular formula is C18H23Cl2N5O. The van der Waals surface area contributed by atoms with Crippen LogP contribution >= 0.6 is 23.2 Å². The number of aromatic nitrogens is 2. The van der Waals surface area contributed by atoms with Crippen molar-refractivity contribution in [3.05, 3.63) is 51.4 Å². The minimum atomic E-state index is -0.207. The number of nitrogens with one attached hydrogen (secondary N) is 2. The van der Waals surface area contributed by atoms with Gasteiger partial charge in [0.25, 0.3) is 5.91 Å². The Morgan fingerprint density at radius 2 is 1.92 bits per heavy atom. The lowest BCUT2D eigenvalue weighted by molar-refractivity contribution is 0.0945. The molecule has 26 heavy (non-hydrogen) atoms. The topological polar surface area (TPSA) is 70.2 Å². The first-order chi connectivity index (χ1) is 12.3. The molecule has 0 fully saturated rings. The molecule has 1 aromatic heterocycles. The van der Waals surface area contributed by atoms with Crippen LogP contribution in [0.25, 0.3) is 0 Å². The predicted molar refractivity (Wildman–Crippen MR) is 106 cm³/mol. The average molecular weight is 396 g/mol. The minimum absolute atomic E-state index is 0.207. The van der Waals surface area contributed by atoms with Crippen LogP contribution in [0.5, 0.6) is 0 Å². The molecule has 8 heteroatoms. The molecule has 1 amide bonds. The van der Waals surface area contributed by atoms with E-state index in [0.29, 0.717) is 46.9 Å². The van der Waals surface area contributed by atoms with Crippen LogP contribution in [0.3, 0.4) is 0 Å². The number of rotatable bonds is 8. The Labute approximate surface area is 163 Å². The van der Waals surface area contributed by atoms with Crippen molar-refractivity contribution in [3.8, 4) is 0 Å². The number of hydrogen-bond acceptors (Lipinski definition) is 5. The van der Waals surface area contributed by atoms with Crippen molar-refractivity contribution >= 4 is 34.9 Å². The third-order valence-corrected chi connectivity index (χ3v) is 4.22. The minimum Gasteiger partial charge on any atom is -0.370 e. The van der Waals surface area contributed by atoms with Gasteiger partial charge in [-0.25, -0.2) is 9.97 Å². The summed E-state index contributed by atoms with van der Waals surface area (Å²) in [5.74, 6) is 0.943. The maximum absolute atomic E-state index is 12.2. The van der Waals surface area contributed by atoms with Gasteiger partial charge in [0.15, 0.2) is 0 Å². The van der Waals surface area contributed by atoms with E-state index in [1.165, 1.54) is 0 Å². The Balaban J connectivity index is 1.95. The molecule has 2 rings (SSSR count). The Morgan fingerprint density at radius 3 is 2.62 bits per heavy atom. The summed E-state index contributed by atoms with van der Waals surface area (Å²) < 4.78 is 0. The highest BCUT2D eigenvalue weighted by Crippen LogP contribution is 2.21. The molecule has 0 saturated heterocycles. The van der Waals surface area contributed by atoms with Crippen molar-refractivity contribution in [1.29, 1.82) is 0 Å². The quantitative estimate of drug-likeness (QED) is 0.718. The van der Waals surface area contributed by atoms with Crippen LogP contribution in [0.2, 0.25) is 10.0 Å². The molecule has 0 aliphatic rings. The highest BCUT2D eigenvalue weighted by Gasteiger charge is 2.10. The van der Waals surface area contributed by atoms with Crippen LogP contribution in [-0.4, -0.2) is 54.5 Å². The lowest BCUT2D eigenvalue weighted by Gasteiger charge is -2.11. The Hall–Kier alpha value is -1.89. The van der Waals surface area contributed by atoms with Gasteiger partial charge in [0.05, 0.1) is 0 Å². The third-order valence-electron chi connectivity index (χ3n) is 3.63. The van der Waals surface area contributed by atoms with Gasteiger partial charge in [-0.3, -0.25) is 4.79 Å². The number of halogens is 2. The van der Waals surface area contributed by atoms with Crippen molar-refractivity contribution in [1.82, 2.24) is 20.2 Å². The maximum atomic E-state index is 12.2. The molecule has 0 radical (unpaired) electrons. The second kappa shape index (κ2) is 9.71. The first-order valence-electron chi connectivity index (χ1n) is 8.31. The lowest BCUT2D eigenvalue weighted by Crippen LogP contribution is -2.32. The monoisotopic (exact) mass is 395 g/mol. The second-order valence-corrected chi connectivity index (χ2v) is 7.00. The summed E-state index contributed by atoms with van der Waals surface area (Å²) in [6, 6.07) is 7.10. The zero-order chi connectivity index (χ0) is 19.1. The molecule has 0 saturated carbocycles. The molecule has 0 bridgehead atoms. The highest BCUT2D eigenvalue weighted by molar-refractivity contribution is 6.35. The van der Waals surface area contributed by atoms with Crippen molar-refractivity contribution in [2.45, 2.75) is 13.3 Å². The van der Waals surface area contributed by atoms with Gasteiger partial charge in [0.2, 0.25) is 0 Å². The third kappa shape index (κ3) is 6.44. The van der Waals surface area contributed by atoms with Gasteiger partial charge in [-0.2, -0.15) is 0 Å². The first kappa shape index (κ1) is 20.4. The summed E-state index contributed by atoms with van der Waals surface area (Å²) in [6.07, 6.45) is 0.712. The van der Waals surface area contributed by atoms with Crippen LogP contribution in [0.1, 0.15) is 21.9 Å². The van der Waals surface area contributed by atoms with E-state index < -0.39 is 0 Å². The largest absolute Gasteiger partial charge is 0.370 e. The van der Waals surface area contributed by atoms with Gasteiger partial charge < -0.3 is 15.5 Å². The van der Waals surface area contributed by atoms with Gasteiger partial charge in [-0.15, -0.1) is 0 Å². The van der Waals surface area contributed by atoms with E-state index in [1.807, 2.05) is 31.1 Å². The van der Waals surface area contributed by atoms with Gasteiger partial charge in [0.1, 0.15) is 17.3 Å². The molecule has 1 heterocycles. The average Bonchev–Trinajstić information content (AvgIpc) is 2.56. The molecule has 0 unspecified atom stereocenters. The van der Waals surface area contributed by atoms with Crippen molar-refractivity contribution in [3.63, 3.8) is 0 Å². The number of carbonyl (C=O) groups is 1. The molecule has 2 aromatic rings. The molecule has 140 valence electrons. The van der Waals surface area contributed by atoms with E-state index in [0.717, 1.165) is 12.1 Å². The zero-order valence-corrected chi connectivity index (χ0v) is 16.7. The number of aryl methyl sites for hydroxylation is 1. The number of hydrogen-bond donors (Lipinski definition) is 2. The molecule has 0 atom stereocenters. The van der Waals surface area contributed by atoms with E-state index in [-0.39, 0.29) is 5.91 Å². The number of anilines is 1. The molecule has 0 aliphatic heterocycles. The summed E-state index contributed by atoms with van der Waals surface area (Å²) in [5.41, 5.74) is 1.35. The molecule has 0 aliphatic carbocycles. The summed E-state index contributed by atoms with van der Waals surface area (Å²) in [5, 5.41) is 7.32. The number of likely N-dealkylation sites (N-methyl/N-ethyl adjacent to an activating group) is 1. The van der Waals surface area contributed by atoms with Crippen molar-refractivity contribution < 1.29 is 4.79 Å². The molecule has 2 N–H and O–H groups in total. The normalized spacial score (nSPS) is 10.8.